The standard InChI is InChI=1S/C17H24N4O/c1-12(2)19-16-10-13(3)20-17(21-16)18-9-8-14-6-5-7-15(11-14)22-4/h5-7,10-12H,8-9H2,1-4H3,(H2,18,19,20,21). The Morgan fingerprint density at radius 1 is 1.18 bits per heavy atom. The largest absolute Gasteiger partial charge is 0.497 e. The number of ether oxygens (including phenoxy) is 1. The second kappa shape index (κ2) is 7.64. The Morgan fingerprint density at radius 2 is 2.00 bits per heavy atom. The summed E-state index contributed by atoms with van der Waals surface area (Å²) in [5.74, 6) is 2.39. The van der Waals surface area contributed by atoms with Crippen molar-refractivity contribution in [3.63, 3.8) is 0 Å². The smallest absolute Gasteiger partial charge is 0.224 e. The summed E-state index contributed by atoms with van der Waals surface area (Å²) < 4.78 is 5.23. The van der Waals surface area contributed by atoms with Crippen molar-refractivity contribution >= 4 is 11.8 Å². The molecule has 0 saturated heterocycles. The van der Waals surface area contributed by atoms with E-state index in [1.54, 1.807) is 7.11 Å². The van der Waals surface area contributed by atoms with Crippen molar-refractivity contribution in [1.82, 2.24) is 9.97 Å². The Balaban J connectivity index is 1.94. The van der Waals surface area contributed by atoms with Crippen LogP contribution in [-0.4, -0.2) is 29.7 Å². The molecule has 0 unspecified atom stereocenters. The number of aryl methyl sites for hydroxylation is 1. The van der Waals surface area contributed by atoms with Crippen LogP contribution in [0.3, 0.4) is 0 Å². The van der Waals surface area contributed by atoms with E-state index >= 15 is 0 Å². The SMILES string of the molecule is COc1cccc(CCNc2nc(C)cc(NC(C)C)n2)c1. The molecule has 5 nitrogen and oxygen atoms in total. The number of benzene rings is 1. The number of aromatic nitrogens is 2. The van der Waals surface area contributed by atoms with Gasteiger partial charge in [0.25, 0.3) is 0 Å². The first kappa shape index (κ1) is 16.1. The van der Waals surface area contributed by atoms with Gasteiger partial charge in [0.05, 0.1) is 7.11 Å². The fourth-order valence-electron chi connectivity index (χ4n) is 2.16. The summed E-state index contributed by atoms with van der Waals surface area (Å²) in [5.41, 5.74) is 2.17. The Morgan fingerprint density at radius 3 is 2.73 bits per heavy atom. The Labute approximate surface area is 132 Å². The van der Waals surface area contributed by atoms with E-state index in [9.17, 15) is 0 Å². The van der Waals surface area contributed by atoms with Crippen molar-refractivity contribution in [2.75, 3.05) is 24.3 Å². The first-order valence-electron chi connectivity index (χ1n) is 7.56. The number of rotatable bonds is 7. The molecular weight excluding hydrogens is 276 g/mol. The third-order valence-electron chi connectivity index (χ3n) is 3.12. The number of anilines is 2. The molecule has 0 fully saturated rings. The van der Waals surface area contributed by atoms with Gasteiger partial charge in [-0.25, -0.2) is 4.98 Å². The van der Waals surface area contributed by atoms with Crippen LogP contribution >= 0.6 is 0 Å². The highest BCUT2D eigenvalue weighted by atomic mass is 16.5. The molecule has 0 amide bonds. The highest BCUT2D eigenvalue weighted by Crippen LogP contribution is 2.14. The van der Waals surface area contributed by atoms with Gasteiger partial charge in [-0.15, -0.1) is 0 Å². The molecule has 0 aliphatic heterocycles. The fourth-order valence-corrected chi connectivity index (χ4v) is 2.16. The molecule has 2 aromatic rings. The summed E-state index contributed by atoms with van der Waals surface area (Å²) in [6.45, 7) is 6.93. The van der Waals surface area contributed by atoms with Crippen LogP contribution in [0, 0.1) is 6.92 Å². The molecule has 2 N–H and O–H groups in total. The van der Waals surface area contributed by atoms with Gasteiger partial charge >= 0.3 is 0 Å². The maximum atomic E-state index is 5.23. The number of hydrogen-bond acceptors (Lipinski definition) is 5. The quantitative estimate of drug-likeness (QED) is 0.822. The molecule has 118 valence electrons. The molecule has 5 heteroatoms. The van der Waals surface area contributed by atoms with Crippen molar-refractivity contribution in [2.24, 2.45) is 0 Å². The van der Waals surface area contributed by atoms with Crippen molar-refractivity contribution in [3.8, 4) is 5.75 Å². The molecule has 1 aromatic carbocycles. The average molecular weight is 300 g/mol. The number of hydrogen-bond donors (Lipinski definition) is 2. The van der Waals surface area contributed by atoms with Crippen molar-refractivity contribution in [2.45, 2.75) is 33.2 Å². The van der Waals surface area contributed by atoms with E-state index in [4.69, 9.17) is 4.74 Å². The van der Waals surface area contributed by atoms with Crippen LogP contribution in [0.4, 0.5) is 11.8 Å². The van der Waals surface area contributed by atoms with E-state index < -0.39 is 0 Å². The normalized spacial score (nSPS) is 10.6. The van der Waals surface area contributed by atoms with Gasteiger partial charge in [-0.2, -0.15) is 4.98 Å². The van der Waals surface area contributed by atoms with Crippen molar-refractivity contribution < 1.29 is 4.74 Å². The molecule has 0 aliphatic rings. The van der Waals surface area contributed by atoms with E-state index in [0.29, 0.717) is 12.0 Å². The van der Waals surface area contributed by atoms with E-state index in [0.717, 1.165) is 30.2 Å². The second-order valence-corrected chi connectivity index (χ2v) is 5.55. The summed E-state index contributed by atoms with van der Waals surface area (Å²) in [7, 11) is 1.68. The maximum Gasteiger partial charge on any atom is 0.224 e. The van der Waals surface area contributed by atoms with Gasteiger partial charge in [0.1, 0.15) is 11.6 Å². The highest BCUT2D eigenvalue weighted by Gasteiger charge is 2.03. The van der Waals surface area contributed by atoms with Crippen LogP contribution in [0.25, 0.3) is 0 Å². The molecule has 1 aromatic heterocycles. The molecule has 22 heavy (non-hydrogen) atoms. The first-order valence-corrected chi connectivity index (χ1v) is 7.56. The zero-order valence-electron chi connectivity index (χ0n) is 13.7. The molecule has 0 saturated carbocycles. The molecular formula is C17H24N4O. The van der Waals surface area contributed by atoms with Gasteiger partial charge in [-0.1, -0.05) is 12.1 Å². The molecule has 2 rings (SSSR count). The van der Waals surface area contributed by atoms with Crippen LogP contribution < -0.4 is 15.4 Å². The van der Waals surface area contributed by atoms with Gasteiger partial charge in [-0.3, -0.25) is 0 Å². The minimum atomic E-state index is 0.346. The van der Waals surface area contributed by atoms with Gasteiger partial charge in [0, 0.05) is 24.3 Å². The van der Waals surface area contributed by atoms with Crippen molar-refractivity contribution in [1.29, 1.82) is 0 Å². The third-order valence-corrected chi connectivity index (χ3v) is 3.12. The van der Waals surface area contributed by atoms with E-state index in [-0.39, 0.29) is 0 Å². The molecule has 0 spiro atoms. The summed E-state index contributed by atoms with van der Waals surface area (Å²) >= 11 is 0. The topological polar surface area (TPSA) is 59.1 Å². The van der Waals surface area contributed by atoms with E-state index in [1.165, 1.54) is 5.56 Å². The van der Waals surface area contributed by atoms with Crippen LogP contribution in [0.5, 0.6) is 5.75 Å². The monoisotopic (exact) mass is 300 g/mol. The van der Waals surface area contributed by atoms with Gasteiger partial charge < -0.3 is 15.4 Å². The number of nitrogens with one attached hydrogen (secondary N) is 2. The Hall–Kier alpha value is -2.30. The Bertz CT molecular complexity index is 613. The highest BCUT2D eigenvalue weighted by molar-refractivity contribution is 5.42. The molecule has 0 atom stereocenters. The summed E-state index contributed by atoms with van der Waals surface area (Å²) in [4.78, 5) is 8.90. The molecule has 0 radical (unpaired) electrons. The summed E-state index contributed by atoms with van der Waals surface area (Å²) in [6.07, 6.45) is 0.890. The predicted octanol–water partition coefficient (Wildman–Crippen LogP) is 3.27. The van der Waals surface area contributed by atoms with Crippen LogP contribution in [0.1, 0.15) is 25.1 Å². The van der Waals surface area contributed by atoms with Gasteiger partial charge in [-0.05, 0) is 44.9 Å². The van der Waals surface area contributed by atoms with Gasteiger partial charge in [0.15, 0.2) is 0 Å². The maximum absolute atomic E-state index is 5.23. The van der Waals surface area contributed by atoms with Crippen molar-refractivity contribution in [3.05, 3.63) is 41.6 Å². The Kier molecular flexibility index (Phi) is 5.58. The average Bonchev–Trinajstić information content (AvgIpc) is 2.46. The zero-order valence-corrected chi connectivity index (χ0v) is 13.7. The molecule has 1 heterocycles. The van der Waals surface area contributed by atoms with Gasteiger partial charge in [0.2, 0.25) is 5.95 Å². The minimum Gasteiger partial charge on any atom is -0.497 e. The summed E-state index contributed by atoms with van der Waals surface area (Å²) in [5, 5.41) is 6.58. The van der Waals surface area contributed by atoms with Crippen LogP contribution in [-0.2, 0) is 6.42 Å². The molecule has 0 bridgehead atoms. The lowest BCUT2D eigenvalue weighted by atomic mass is 10.1. The first-order chi connectivity index (χ1) is 10.6. The lowest BCUT2D eigenvalue weighted by molar-refractivity contribution is 0.414. The lowest BCUT2D eigenvalue weighted by Crippen LogP contribution is -2.14. The number of nitrogens with zero attached hydrogens (tertiary/aromatic N) is 2. The molecule has 0 aliphatic carbocycles. The van der Waals surface area contributed by atoms with E-state index in [1.807, 2.05) is 31.2 Å². The zero-order chi connectivity index (χ0) is 15.9. The minimum absolute atomic E-state index is 0.346. The predicted molar refractivity (Wildman–Crippen MR) is 90.7 cm³/mol. The van der Waals surface area contributed by atoms with E-state index in [2.05, 4.69) is 40.5 Å². The lowest BCUT2D eigenvalue weighted by Gasteiger charge is -2.12. The van der Waals surface area contributed by atoms with Crippen LogP contribution in [0.15, 0.2) is 30.3 Å². The number of methoxy groups -OCH3 is 1. The summed E-state index contributed by atoms with van der Waals surface area (Å²) in [6, 6.07) is 10.4. The fraction of sp³-hybridized carbons (Fsp3) is 0.412. The van der Waals surface area contributed by atoms with Crippen LogP contribution in [0.2, 0.25) is 0 Å². The second-order valence-electron chi connectivity index (χ2n) is 5.55. The third kappa shape index (κ3) is 4.91.